The van der Waals surface area contributed by atoms with Crippen molar-refractivity contribution in [2.24, 2.45) is 0 Å². The Labute approximate surface area is 186 Å². The molecule has 0 unspecified atom stereocenters. The average Bonchev–Trinajstić information content (AvgIpc) is 3.06. The number of allylic oxidation sites excluding steroid dienone is 1. The molecule has 168 valence electrons. The van der Waals surface area contributed by atoms with Crippen LogP contribution < -0.4 is 23.8 Å². The number of carbonyl (C=O) groups is 2. The lowest BCUT2D eigenvalue weighted by atomic mass is 10.0. The van der Waals surface area contributed by atoms with Gasteiger partial charge in [0.1, 0.15) is 0 Å². The van der Waals surface area contributed by atoms with Crippen molar-refractivity contribution in [2.75, 3.05) is 40.4 Å². The molecule has 0 saturated heterocycles. The van der Waals surface area contributed by atoms with Crippen molar-refractivity contribution in [3.63, 3.8) is 0 Å². The largest absolute Gasteiger partial charge is 0.493 e. The van der Waals surface area contributed by atoms with Crippen LogP contribution in [0.3, 0.4) is 0 Å². The third-order valence-corrected chi connectivity index (χ3v) is 5.15. The van der Waals surface area contributed by atoms with E-state index in [1.54, 1.807) is 49.4 Å². The monoisotopic (exact) mass is 439 g/mol. The second kappa shape index (κ2) is 9.47. The maximum absolute atomic E-state index is 13.5. The van der Waals surface area contributed by atoms with Gasteiger partial charge in [-0.3, -0.25) is 9.69 Å². The predicted molar refractivity (Wildman–Crippen MR) is 119 cm³/mol. The van der Waals surface area contributed by atoms with Crippen LogP contribution in [0.5, 0.6) is 23.0 Å². The number of hydrogen-bond donors (Lipinski definition) is 0. The minimum Gasteiger partial charge on any atom is -0.493 e. The third-order valence-electron chi connectivity index (χ3n) is 5.15. The van der Waals surface area contributed by atoms with Crippen molar-refractivity contribution in [3.8, 4) is 23.0 Å². The molecule has 8 heteroatoms. The Morgan fingerprint density at radius 1 is 0.875 bits per heavy atom. The molecular weight excluding hydrogens is 414 g/mol. The van der Waals surface area contributed by atoms with Crippen molar-refractivity contribution < 1.29 is 33.3 Å². The van der Waals surface area contributed by atoms with Crippen molar-refractivity contribution in [3.05, 3.63) is 58.8 Å². The van der Waals surface area contributed by atoms with E-state index in [9.17, 15) is 9.59 Å². The average molecular weight is 439 g/mol. The Morgan fingerprint density at radius 3 is 2.16 bits per heavy atom. The van der Waals surface area contributed by atoms with E-state index in [4.69, 9.17) is 23.7 Å². The SMILES string of the molecule is COC(=O)C1=C(C)N(c2ccc(OC)c(OC)c2)C(=O)/C1=C\c1cccc(OC)c1OC. The molecule has 2 aromatic carbocycles. The van der Waals surface area contributed by atoms with E-state index in [2.05, 4.69) is 0 Å². The fraction of sp³-hybridized carbons (Fsp3) is 0.250. The number of carbonyl (C=O) groups excluding carboxylic acids is 2. The lowest BCUT2D eigenvalue weighted by molar-refractivity contribution is -0.136. The summed E-state index contributed by atoms with van der Waals surface area (Å²) < 4.78 is 26.4. The lowest BCUT2D eigenvalue weighted by Crippen LogP contribution is -2.24. The molecule has 0 bridgehead atoms. The third kappa shape index (κ3) is 3.87. The molecule has 32 heavy (non-hydrogen) atoms. The van der Waals surface area contributed by atoms with Gasteiger partial charge in [-0.1, -0.05) is 12.1 Å². The fourth-order valence-electron chi connectivity index (χ4n) is 3.64. The van der Waals surface area contributed by atoms with E-state index < -0.39 is 5.97 Å². The van der Waals surface area contributed by atoms with Gasteiger partial charge in [-0.15, -0.1) is 0 Å². The molecule has 0 N–H and O–H groups in total. The van der Waals surface area contributed by atoms with Gasteiger partial charge in [0.25, 0.3) is 5.91 Å². The summed E-state index contributed by atoms with van der Waals surface area (Å²) in [5.74, 6) is 0.921. The highest BCUT2D eigenvalue weighted by atomic mass is 16.5. The topological polar surface area (TPSA) is 83.5 Å². The van der Waals surface area contributed by atoms with E-state index in [0.29, 0.717) is 39.9 Å². The fourth-order valence-corrected chi connectivity index (χ4v) is 3.64. The van der Waals surface area contributed by atoms with Gasteiger partial charge in [0.2, 0.25) is 0 Å². The van der Waals surface area contributed by atoms with Crippen LogP contribution in [0.15, 0.2) is 53.2 Å². The van der Waals surface area contributed by atoms with E-state index in [1.165, 1.54) is 40.4 Å². The van der Waals surface area contributed by atoms with Crippen LogP contribution in [-0.4, -0.2) is 47.4 Å². The summed E-state index contributed by atoms with van der Waals surface area (Å²) in [5.41, 5.74) is 1.88. The first kappa shape index (κ1) is 22.7. The number of methoxy groups -OCH3 is 5. The van der Waals surface area contributed by atoms with Gasteiger partial charge in [-0.2, -0.15) is 0 Å². The Balaban J connectivity index is 2.19. The molecule has 0 spiro atoms. The highest BCUT2D eigenvalue weighted by molar-refractivity contribution is 6.24. The number of esters is 1. The number of nitrogens with zero attached hydrogens (tertiary/aromatic N) is 1. The van der Waals surface area contributed by atoms with E-state index in [-0.39, 0.29) is 17.1 Å². The number of rotatable bonds is 7. The van der Waals surface area contributed by atoms with Gasteiger partial charge in [-0.25, -0.2) is 4.79 Å². The van der Waals surface area contributed by atoms with E-state index >= 15 is 0 Å². The zero-order valence-corrected chi connectivity index (χ0v) is 18.8. The second-order valence-electron chi connectivity index (χ2n) is 6.77. The molecule has 1 heterocycles. The van der Waals surface area contributed by atoms with Crippen molar-refractivity contribution in [1.82, 2.24) is 0 Å². The van der Waals surface area contributed by atoms with Crippen LogP contribution in [0.4, 0.5) is 5.69 Å². The molecule has 0 atom stereocenters. The summed E-state index contributed by atoms with van der Waals surface area (Å²) in [5, 5.41) is 0. The van der Waals surface area contributed by atoms with Gasteiger partial charge >= 0.3 is 5.97 Å². The normalized spacial score (nSPS) is 14.6. The molecule has 2 aromatic rings. The number of anilines is 1. The van der Waals surface area contributed by atoms with Gasteiger partial charge in [-0.05, 0) is 31.2 Å². The zero-order valence-electron chi connectivity index (χ0n) is 18.8. The quantitative estimate of drug-likeness (QED) is 0.481. The molecule has 1 aliphatic heterocycles. The number of para-hydroxylation sites is 1. The van der Waals surface area contributed by atoms with Gasteiger partial charge < -0.3 is 23.7 Å². The van der Waals surface area contributed by atoms with Crippen LogP contribution in [0, 0.1) is 0 Å². The first-order chi connectivity index (χ1) is 15.4. The van der Waals surface area contributed by atoms with Gasteiger partial charge in [0.05, 0.1) is 52.4 Å². The van der Waals surface area contributed by atoms with Crippen LogP contribution >= 0.6 is 0 Å². The highest BCUT2D eigenvalue weighted by Crippen LogP contribution is 2.40. The van der Waals surface area contributed by atoms with Crippen LogP contribution in [-0.2, 0) is 14.3 Å². The summed E-state index contributed by atoms with van der Waals surface area (Å²) >= 11 is 0. The molecule has 0 radical (unpaired) electrons. The molecule has 0 fully saturated rings. The smallest absolute Gasteiger partial charge is 0.340 e. The second-order valence-corrected chi connectivity index (χ2v) is 6.77. The van der Waals surface area contributed by atoms with E-state index in [1.807, 2.05) is 0 Å². The predicted octanol–water partition coefficient (Wildman–Crippen LogP) is 3.60. The maximum atomic E-state index is 13.5. The number of amides is 1. The van der Waals surface area contributed by atoms with Crippen molar-refractivity contribution in [2.45, 2.75) is 6.92 Å². The van der Waals surface area contributed by atoms with Crippen LogP contribution in [0.1, 0.15) is 12.5 Å². The first-order valence-corrected chi connectivity index (χ1v) is 9.70. The maximum Gasteiger partial charge on any atom is 0.340 e. The first-order valence-electron chi connectivity index (χ1n) is 9.70. The van der Waals surface area contributed by atoms with Crippen molar-refractivity contribution in [1.29, 1.82) is 0 Å². The molecule has 8 nitrogen and oxygen atoms in total. The molecule has 0 aliphatic carbocycles. The molecular formula is C24H25NO7. The van der Waals surface area contributed by atoms with Crippen LogP contribution in [0.2, 0.25) is 0 Å². The molecule has 0 aromatic heterocycles. The van der Waals surface area contributed by atoms with Crippen LogP contribution in [0.25, 0.3) is 6.08 Å². The van der Waals surface area contributed by atoms with Gasteiger partial charge in [0, 0.05) is 17.3 Å². The number of ether oxygens (including phenoxy) is 5. The minimum atomic E-state index is -0.619. The Hall–Kier alpha value is -3.94. The summed E-state index contributed by atoms with van der Waals surface area (Å²) in [6.07, 6.45) is 1.60. The molecule has 3 rings (SSSR count). The summed E-state index contributed by atoms with van der Waals surface area (Å²) in [6.45, 7) is 1.69. The molecule has 1 aliphatic rings. The Bertz CT molecular complexity index is 1120. The number of hydrogen-bond acceptors (Lipinski definition) is 7. The van der Waals surface area contributed by atoms with E-state index in [0.717, 1.165) is 0 Å². The molecule has 0 saturated carbocycles. The minimum absolute atomic E-state index is 0.164. The Morgan fingerprint density at radius 2 is 1.56 bits per heavy atom. The summed E-state index contributed by atoms with van der Waals surface area (Å²) in [7, 11) is 7.35. The highest BCUT2D eigenvalue weighted by Gasteiger charge is 2.38. The van der Waals surface area contributed by atoms with Crippen molar-refractivity contribution >= 4 is 23.6 Å². The summed E-state index contributed by atoms with van der Waals surface area (Å²) in [6, 6.07) is 10.4. The van der Waals surface area contributed by atoms with Gasteiger partial charge in [0.15, 0.2) is 23.0 Å². The Kier molecular flexibility index (Phi) is 6.73. The summed E-state index contributed by atoms with van der Waals surface area (Å²) in [4.78, 5) is 27.6. The lowest BCUT2D eigenvalue weighted by Gasteiger charge is -2.19. The standard InChI is InChI=1S/C24H25NO7/c1-14-21(24(27)32-6)17(12-15-8-7-9-19(29-3)22(15)31-5)23(26)25(14)16-10-11-18(28-2)20(13-16)30-4/h7-13H,1-6H3/b17-12-. The molecule has 1 amide bonds. The number of benzene rings is 2. The zero-order chi connectivity index (χ0) is 23.4.